The van der Waals surface area contributed by atoms with Gasteiger partial charge in [0, 0.05) is 17.8 Å². The number of aromatic nitrogens is 2. The van der Waals surface area contributed by atoms with Crippen LogP contribution in [0.1, 0.15) is 108 Å². The predicted molar refractivity (Wildman–Crippen MR) is 105 cm³/mol. The fourth-order valence-corrected chi connectivity index (χ4v) is 3.08. The molecule has 1 aromatic heterocycles. The highest BCUT2D eigenvalue weighted by Crippen LogP contribution is 2.13. The molecule has 24 heavy (non-hydrogen) atoms. The summed E-state index contributed by atoms with van der Waals surface area (Å²) in [6.45, 7) is 8.49. The fraction of sp³-hybridized carbons (Fsp3) is 0.773. The van der Waals surface area contributed by atoms with Crippen LogP contribution in [0.15, 0.2) is 6.07 Å². The maximum atomic E-state index is 4.81. The van der Waals surface area contributed by atoms with Gasteiger partial charge < -0.3 is 0 Å². The largest absolute Gasteiger partial charge is 0.238 e. The van der Waals surface area contributed by atoms with E-state index in [1.165, 1.54) is 75.6 Å². The first-order valence-electron chi connectivity index (χ1n) is 10.4. The van der Waals surface area contributed by atoms with Gasteiger partial charge in [-0.2, -0.15) is 0 Å². The number of unbranched alkanes of at least 4 members (excludes halogenated alkanes) is 9. The first kappa shape index (κ1) is 21.1. The number of aryl methyl sites for hydroxylation is 3. The molecule has 0 bridgehead atoms. The van der Waals surface area contributed by atoms with Crippen LogP contribution < -0.4 is 0 Å². The van der Waals surface area contributed by atoms with E-state index in [-0.39, 0.29) is 0 Å². The summed E-state index contributed by atoms with van der Waals surface area (Å²) in [5, 5.41) is 0. The summed E-state index contributed by atoms with van der Waals surface area (Å²) >= 11 is 0. The molecule has 0 aromatic carbocycles. The van der Waals surface area contributed by atoms with Crippen LogP contribution in [0, 0.1) is 6.92 Å². The van der Waals surface area contributed by atoms with Gasteiger partial charge in [0.25, 0.3) is 0 Å². The van der Waals surface area contributed by atoms with Crippen LogP contribution in [0.2, 0.25) is 0 Å². The predicted octanol–water partition coefficient (Wildman–Crippen LogP) is 6.66. The summed E-state index contributed by atoms with van der Waals surface area (Å²) in [5.74, 6) is 1.05. The van der Waals surface area contributed by atoms with Gasteiger partial charge in [-0.25, -0.2) is 9.97 Å². The van der Waals surface area contributed by atoms with Crippen molar-refractivity contribution in [1.29, 1.82) is 0 Å². The second kappa shape index (κ2) is 14.4. The molecule has 0 aliphatic heterocycles. The second-order valence-corrected chi connectivity index (χ2v) is 7.05. The third-order valence-corrected chi connectivity index (χ3v) is 4.60. The lowest BCUT2D eigenvalue weighted by Gasteiger charge is -2.08. The molecule has 0 saturated carbocycles. The number of rotatable bonds is 15. The Morgan fingerprint density at radius 2 is 1.17 bits per heavy atom. The maximum absolute atomic E-state index is 4.81. The Morgan fingerprint density at radius 3 is 1.62 bits per heavy atom. The van der Waals surface area contributed by atoms with E-state index in [2.05, 4.69) is 26.8 Å². The number of hydrogen-bond acceptors (Lipinski definition) is 2. The molecular formula is C22H39N2. The van der Waals surface area contributed by atoms with Gasteiger partial charge in [-0.05, 0) is 38.2 Å². The van der Waals surface area contributed by atoms with Crippen molar-refractivity contribution in [2.45, 2.75) is 110 Å². The zero-order valence-electron chi connectivity index (χ0n) is 16.3. The molecule has 0 atom stereocenters. The molecule has 0 unspecified atom stereocenters. The molecule has 0 aliphatic rings. The van der Waals surface area contributed by atoms with Crippen LogP contribution in [0.3, 0.4) is 0 Å². The standard InChI is InChI=1S/C22H39N2/c1-4-7-10-12-14-16-20-19-21(17-15-13-11-8-5-2)24-22(23-20)18-9-6-3/h19H,3-18H2,1-2H3. The van der Waals surface area contributed by atoms with E-state index in [4.69, 9.17) is 9.97 Å². The molecule has 0 fully saturated rings. The molecule has 2 heteroatoms. The Hall–Kier alpha value is -0.920. The van der Waals surface area contributed by atoms with Crippen molar-refractivity contribution < 1.29 is 0 Å². The van der Waals surface area contributed by atoms with E-state index >= 15 is 0 Å². The van der Waals surface area contributed by atoms with Gasteiger partial charge in [0.15, 0.2) is 0 Å². The summed E-state index contributed by atoms with van der Waals surface area (Å²) in [5.41, 5.74) is 2.54. The summed E-state index contributed by atoms with van der Waals surface area (Å²) < 4.78 is 0. The summed E-state index contributed by atoms with van der Waals surface area (Å²) in [7, 11) is 0. The van der Waals surface area contributed by atoms with Crippen molar-refractivity contribution in [2.75, 3.05) is 0 Å². The van der Waals surface area contributed by atoms with Crippen LogP contribution in [0.4, 0.5) is 0 Å². The normalized spacial score (nSPS) is 11.1. The van der Waals surface area contributed by atoms with Gasteiger partial charge in [0.1, 0.15) is 5.82 Å². The smallest absolute Gasteiger partial charge is 0.128 e. The maximum Gasteiger partial charge on any atom is 0.128 e. The van der Waals surface area contributed by atoms with E-state index in [9.17, 15) is 0 Å². The highest BCUT2D eigenvalue weighted by molar-refractivity contribution is 5.12. The summed E-state index contributed by atoms with van der Waals surface area (Å²) in [6.07, 6.45) is 18.5. The third kappa shape index (κ3) is 10.1. The van der Waals surface area contributed by atoms with E-state index < -0.39 is 0 Å². The molecule has 0 N–H and O–H groups in total. The number of nitrogens with zero attached hydrogens (tertiary/aromatic N) is 2. The van der Waals surface area contributed by atoms with Crippen molar-refractivity contribution in [3.63, 3.8) is 0 Å². The molecule has 0 amide bonds. The van der Waals surface area contributed by atoms with Crippen LogP contribution in [0.25, 0.3) is 0 Å². The van der Waals surface area contributed by atoms with Crippen molar-refractivity contribution in [3.05, 3.63) is 30.2 Å². The van der Waals surface area contributed by atoms with Crippen LogP contribution in [-0.2, 0) is 19.3 Å². The fourth-order valence-electron chi connectivity index (χ4n) is 3.08. The van der Waals surface area contributed by atoms with Gasteiger partial charge in [-0.15, -0.1) is 0 Å². The van der Waals surface area contributed by atoms with E-state index in [0.717, 1.165) is 37.9 Å². The molecule has 0 spiro atoms. The Kier molecular flexibility index (Phi) is 12.7. The Morgan fingerprint density at radius 1 is 0.667 bits per heavy atom. The molecule has 1 rings (SSSR count). The summed E-state index contributed by atoms with van der Waals surface area (Å²) in [4.78, 5) is 9.62. The molecule has 2 nitrogen and oxygen atoms in total. The minimum absolute atomic E-state index is 0.969. The van der Waals surface area contributed by atoms with Gasteiger partial charge >= 0.3 is 0 Å². The second-order valence-electron chi connectivity index (χ2n) is 7.05. The third-order valence-electron chi connectivity index (χ3n) is 4.60. The number of hydrogen-bond donors (Lipinski definition) is 0. The quantitative estimate of drug-likeness (QED) is 0.336. The highest BCUT2D eigenvalue weighted by Gasteiger charge is 2.05. The first-order chi connectivity index (χ1) is 11.8. The topological polar surface area (TPSA) is 25.8 Å². The van der Waals surface area contributed by atoms with Crippen molar-refractivity contribution >= 4 is 0 Å². The van der Waals surface area contributed by atoms with E-state index in [1.807, 2.05) is 0 Å². The summed E-state index contributed by atoms with van der Waals surface area (Å²) in [6, 6.07) is 2.27. The Labute approximate surface area is 150 Å². The van der Waals surface area contributed by atoms with Gasteiger partial charge in [0.2, 0.25) is 0 Å². The Balaban J connectivity index is 2.52. The first-order valence-corrected chi connectivity index (χ1v) is 10.4. The molecular weight excluding hydrogens is 292 g/mol. The van der Waals surface area contributed by atoms with E-state index in [1.54, 1.807) is 0 Å². The molecule has 1 heterocycles. The minimum atomic E-state index is 0.969. The SMILES string of the molecule is [CH2]CCCc1nc(CCCCCCC)cc(CCCCCCC)n1. The van der Waals surface area contributed by atoms with Gasteiger partial charge in [-0.3, -0.25) is 0 Å². The molecule has 1 aromatic rings. The molecule has 1 radical (unpaired) electrons. The van der Waals surface area contributed by atoms with Crippen molar-refractivity contribution in [1.82, 2.24) is 9.97 Å². The monoisotopic (exact) mass is 331 g/mol. The van der Waals surface area contributed by atoms with Gasteiger partial charge in [-0.1, -0.05) is 78.6 Å². The molecule has 137 valence electrons. The lowest BCUT2D eigenvalue weighted by Crippen LogP contribution is -2.04. The van der Waals surface area contributed by atoms with Crippen molar-refractivity contribution in [2.24, 2.45) is 0 Å². The lowest BCUT2D eigenvalue weighted by molar-refractivity contribution is 0.616. The molecule has 0 saturated heterocycles. The lowest BCUT2D eigenvalue weighted by atomic mass is 10.1. The Bertz CT molecular complexity index is 382. The zero-order valence-corrected chi connectivity index (χ0v) is 16.3. The van der Waals surface area contributed by atoms with Crippen LogP contribution >= 0.6 is 0 Å². The van der Waals surface area contributed by atoms with Gasteiger partial charge in [0.05, 0.1) is 0 Å². The van der Waals surface area contributed by atoms with Crippen LogP contribution in [0.5, 0.6) is 0 Å². The van der Waals surface area contributed by atoms with E-state index in [0.29, 0.717) is 0 Å². The highest BCUT2D eigenvalue weighted by atomic mass is 14.9. The van der Waals surface area contributed by atoms with Crippen molar-refractivity contribution in [3.8, 4) is 0 Å². The average Bonchev–Trinajstić information content (AvgIpc) is 2.59. The minimum Gasteiger partial charge on any atom is -0.238 e. The van der Waals surface area contributed by atoms with Crippen LogP contribution in [-0.4, -0.2) is 9.97 Å². The zero-order chi connectivity index (χ0) is 17.5. The average molecular weight is 332 g/mol. The molecule has 0 aliphatic carbocycles.